The van der Waals surface area contributed by atoms with Gasteiger partial charge in [0.05, 0.1) is 65.8 Å². The van der Waals surface area contributed by atoms with Crippen molar-refractivity contribution in [2.45, 2.75) is 0 Å². The van der Waals surface area contributed by atoms with E-state index in [2.05, 4.69) is 15.3 Å². The second-order valence-electron chi connectivity index (χ2n) is 9.43. The van der Waals surface area contributed by atoms with Crippen LogP contribution in [0.5, 0.6) is 0 Å². The van der Waals surface area contributed by atoms with Crippen LogP contribution in [0.3, 0.4) is 0 Å². The lowest BCUT2D eigenvalue weighted by atomic mass is 10.3. The summed E-state index contributed by atoms with van der Waals surface area (Å²) >= 11 is 0. The van der Waals surface area contributed by atoms with Crippen LogP contribution in [-0.4, -0.2) is 190 Å². The molecular weight excluding hydrogens is 560 g/mol. The van der Waals surface area contributed by atoms with Gasteiger partial charge in [0.2, 0.25) is 5.91 Å². The van der Waals surface area contributed by atoms with Gasteiger partial charge in [-0.2, -0.15) is 0 Å². The Bertz CT molecular complexity index is 829. The fourth-order valence-corrected chi connectivity index (χ4v) is 4.00. The molecule has 240 valence electrons. The van der Waals surface area contributed by atoms with Gasteiger partial charge < -0.3 is 34.8 Å². The Morgan fingerprint density at radius 1 is 0.619 bits per heavy atom. The molecule has 0 aliphatic carbocycles. The minimum atomic E-state index is -1.02. The second kappa shape index (κ2) is 23.5. The molecule has 0 saturated carbocycles. The first-order valence-corrected chi connectivity index (χ1v) is 13.7. The number of carbonyl (C=O) groups is 4. The van der Waals surface area contributed by atoms with Gasteiger partial charge in [-0.15, -0.1) is 0 Å². The molecule has 1 saturated heterocycles. The number of hydrogen-bond acceptors (Lipinski definition) is 12. The molecule has 1 heterocycles. The molecule has 0 aromatic rings. The van der Waals surface area contributed by atoms with E-state index in [1.54, 1.807) is 14.7 Å². The van der Waals surface area contributed by atoms with Crippen LogP contribution in [0.15, 0.2) is 5.11 Å². The third-order valence-electron chi connectivity index (χ3n) is 6.09. The molecule has 18 nitrogen and oxygen atoms in total. The maximum atomic E-state index is 12.6. The van der Waals surface area contributed by atoms with Crippen LogP contribution >= 0.6 is 0 Å². The maximum absolute atomic E-state index is 12.6. The Morgan fingerprint density at radius 3 is 1.36 bits per heavy atom. The Hall–Kier alpha value is -3.09. The van der Waals surface area contributed by atoms with E-state index in [0.717, 1.165) is 0 Å². The summed E-state index contributed by atoms with van der Waals surface area (Å²) in [6.07, 6.45) is 0. The van der Waals surface area contributed by atoms with E-state index in [4.69, 9.17) is 19.7 Å². The Balaban J connectivity index is 2.51. The molecule has 1 fully saturated rings. The number of nitrogens with one attached hydrogen (secondary N) is 1. The number of carboxylic acid groups (broad SMARTS) is 3. The number of nitrogens with zero attached hydrogens (tertiary/aromatic N) is 7. The molecule has 4 N–H and O–H groups in total. The van der Waals surface area contributed by atoms with Crippen LogP contribution in [0.2, 0.25) is 0 Å². The Morgan fingerprint density at radius 2 is 0.976 bits per heavy atom. The Kier molecular flexibility index (Phi) is 20.6. The molecule has 0 atom stereocenters. The van der Waals surface area contributed by atoms with Crippen molar-refractivity contribution in [2.75, 3.05) is 131 Å². The fraction of sp³-hybridized carbons (Fsp3) is 0.833. The smallest absolute Gasteiger partial charge is 0.317 e. The first-order valence-electron chi connectivity index (χ1n) is 13.7. The summed E-state index contributed by atoms with van der Waals surface area (Å²) < 4.78 is 16.0. The molecule has 42 heavy (non-hydrogen) atoms. The molecule has 0 radical (unpaired) electrons. The molecule has 18 heteroatoms. The van der Waals surface area contributed by atoms with Crippen molar-refractivity contribution in [1.29, 1.82) is 0 Å². The van der Waals surface area contributed by atoms with E-state index >= 15 is 0 Å². The van der Waals surface area contributed by atoms with Crippen LogP contribution in [0, 0.1) is 0 Å². The number of carboxylic acids is 3. The third kappa shape index (κ3) is 20.7. The van der Waals surface area contributed by atoms with Gasteiger partial charge in [-0.25, -0.2) is 0 Å². The minimum Gasteiger partial charge on any atom is -0.480 e. The third-order valence-corrected chi connectivity index (χ3v) is 6.09. The first kappa shape index (κ1) is 36.9. The number of hydrogen-bond donors (Lipinski definition) is 4. The lowest BCUT2D eigenvalue weighted by Crippen LogP contribution is -2.50. The molecular formula is C24H44N8O10. The van der Waals surface area contributed by atoms with Crippen molar-refractivity contribution in [1.82, 2.24) is 24.9 Å². The highest BCUT2D eigenvalue weighted by Crippen LogP contribution is 2.01. The zero-order valence-corrected chi connectivity index (χ0v) is 24.0. The van der Waals surface area contributed by atoms with Gasteiger partial charge >= 0.3 is 17.9 Å². The molecule has 1 aliphatic rings. The van der Waals surface area contributed by atoms with Crippen LogP contribution in [-0.2, 0) is 33.4 Å². The van der Waals surface area contributed by atoms with E-state index in [1.165, 1.54) is 0 Å². The Labute approximate surface area is 244 Å². The predicted molar refractivity (Wildman–Crippen MR) is 148 cm³/mol. The zero-order valence-electron chi connectivity index (χ0n) is 24.0. The molecule has 0 bridgehead atoms. The van der Waals surface area contributed by atoms with Crippen molar-refractivity contribution in [3.05, 3.63) is 10.4 Å². The summed E-state index contributed by atoms with van der Waals surface area (Å²) in [6, 6.07) is 0. The highest BCUT2D eigenvalue weighted by molar-refractivity contribution is 5.78. The molecule has 0 aromatic heterocycles. The van der Waals surface area contributed by atoms with Crippen LogP contribution in [0.25, 0.3) is 10.4 Å². The van der Waals surface area contributed by atoms with Gasteiger partial charge in [-0.05, 0) is 5.53 Å². The highest BCUT2D eigenvalue weighted by atomic mass is 16.5. The predicted octanol–water partition coefficient (Wildman–Crippen LogP) is -2.06. The van der Waals surface area contributed by atoms with Crippen molar-refractivity contribution < 1.29 is 48.7 Å². The van der Waals surface area contributed by atoms with Gasteiger partial charge in [-0.3, -0.25) is 38.8 Å². The van der Waals surface area contributed by atoms with Crippen molar-refractivity contribution >= 4 is 23.8 Å². The lowest BCUT2D eigenvalue weighted by Gasteiger charge is -2.32. The number of azide groups is 1. The van der Waals surface area contributed by atoms with Crippen molar-refractivity contribution in [3.63, 3.8) is 0 Å². The molecule has 1 rings (SSSR count). The lowest BCUT2D eigenvalue weighted by molar-refractivity contribution is -0.140. The summed E-state index contributed by atoms with van der Waals surface area (Å²) in [5.74, 6) is -3.29. The molecule has 1 aliphatic heterocycles. The number of aliphatic carboxylic acids is 3. The summed E-state index contributed by atoms with van der Waals surface area (Å²) in [5.41, 5.74) is 8.16. The average Bonchev–Trinajstić information content (AvgIpc) is 2.91. The highest BCUT2D eigenvalue weighted by Gasteiger charge is 2.21. The van der Waals surface area contributed by atoms with E-state index in [0.29, 0.717) is 85.4 Å². The quantitative estimate of drug-likeness (QED) is 0.0507. The summed E-state index contributed by atoms with van der Waals surface area (Å²) in [6.45, 7) is 4.58. The van der Waals surface area contributed by atoms with Gasteiger partial charge in [0, 0.05) is 70.4 Å². The fourth-order valence-electron chi connectivity index (χ4n) is 4.00. The normalized spacial score (nSPS) is 16.6. The molecule has 1 amide bonds. The van der Waals surface area contributed by atoms with Gasteiger partial charge in [-0.1, -0.05) is 5.11 Å². The van der Waals surface area contributed by atoms with Gasteiger partial charge in [0.1, 0.15) is 0 Å². The van der Waals surface area contributed by atoms with E-state index in [-0.39, 0.29) is 51.8 Å². The van der Waals surface area contributed by atoms with E-state index < -0.39 is 17.9 Å². The number of ether oxygens (including phenoxy) is 3. The van der Waals surface area contributed by atoms with Crippen molar-refractivity contribution in [3.8, 4) is 0 Å². The average molecular weight is 605 g/mol. The van der Waals surface area contributed by atoms with Gasteiger partial charge in [0.15, 0.2) is 0 Å². The second-order valence-corrected chi connectivity index (χ2v) is 9.43. The first-order chi connectivity index (χ1) is 20.2. The topological polar surface area (TPSA) is 230 Å². The summed E-state index contributed by atoms with van der Waals surface area (Å²) in [7, 11) is 0. The molecule has 0 aromatic carbocycles. The minimum absolute atomic E-state index is 0.0375. The maximum Gasteiger partial charge on any atom is 0.317 e. The molecule has 0 spiro atoms. The van der Waals surface area contributed by atoms with Gasteiger partial charge in [0.25, 0.3) is 0 Å². The van der Waals surface area contributed by atoms with E-state index in [9.17, 15) is 34.5 Å². The largest absolute Gasteiger partial charge is 0.480 e. The van der Waals surface area contributed by atoms with E-state index in [1.807, 2.05) is 4.90 Å². The summed E-state index contributed by atoms with van der Waals surface area (Å²) in [5, 5.41) is 34.0. The number of rotatable bonds is 20. The van der Waals surface area contributed by atoms with Crippen LogP contribution in [0.4, 0.5) is 0 Å². The number of carbonyl (C=O) groups excluding carboxylic acids is 1. The SMILES string of the molecule is [N-]=[N+]=NCCOCCOCCOCCNC(=O)CN1CCN(CC(=O)O)CCN(CC(=O)O)CCN(CC(=O)O)CC1. The number of amides is 1. The van der Waals surface area contributed by atoms with Crippen LogP contribution < -0.4 is 5.32 Å². The standard InChI is InChI=1S/C24H44N8O10/c25-28-27-2-12-41-14-16-42-15-13-40-11-1-26-21(33)17-29-3-5-30(18-22(34)35)7-9-32(20-24(38)39)10-8-31(6-4-29)19-23(36)37/h1-20H2,(H,26,33)(H,34,35)(H,36,37)(H,38,39). The van der Waals surface area contributed by atoms with Crippen LogP contribution in [0.1, 0.15) is 0 Å². The zero-order chi connectivity index (χ0) is 31.0. The summed E-state index contributed by atoms with van der Waals surface area (Å²) in [4.78, 5) is 56.2. The molecule has 0 unspecified atom stereocenters. The monoisotopic (exact) mass is 604 g/mol. The van der Waals surface area contributed by atoms with Crippen molar-refractivity contribution in [2.24, 2.45) is 5.11 Å².